The summed E-state index contributed by atoms with van der Waals surface area (Å²) in [6.07, 6.45) is -0.391. The van der Waals surface area contributed by atoms with Gasteiger partial charge in [0.25, 0.3) is 0 Å². The fourth-order valence-electron chi connectivity index (χ4n) is 1.58. The number of hydrogen-bond donors (Lipinski definition) is 1. The van der Waals surface area contributed by atoms with Crippen LogP contribution in [0.4, 0.5) is 5.69 Å². The second kappa shape index (κ2) is 5.39. The summed E-state index contributed by atoms with van der Waals surface area (Å²) in [7, 11) is -2.15. The smallest absolute Gasteiger partial charge is 0.304 e. The maximum absolute atomic E-state index is 12.0. The predicted octanol–water partition coefficient (Wildman–Crippen LogP) is 1.54. The lowest BCUT2D eigenvalue weighted by Gasteiger charge is -2.21. The molecule has 0 aliphatic rings. The number of nitrogens with zero attached hydrogens (tertiary/aromatic N) is 1. The van der Waals surface area contributed by atoms with Crippen LogP contribution in [-0.2, 0) is 14.8 Å². The first kappa shape index (κ1) is 14.5. The Labute approximate surface area is 107 Å². The number of benzene rings is 1. The number of carboxylic acids is 1. The van der Waals surface area contributed by atoms with Crippen molar-refractivity contribution in [2.75, 3.05) is 17.1 Å². The van der Waals surface area contributed by atoms with E-state index in [9.17, 15) is 13.2 Å². The zero-order valence-electron chi connectivity index (χ0n) is 10.7. The lowest BCUT2D eigenvalue weighted by molar-refractivity contribution is -0.136. The van der Waals surface area contributed by atoms with Crippen LogP contribution in [0.5, 0.6) is 0 Å². The van der Waals surface area contributed by atoms with E-state index in [1.807, 2.05) is 19.9 Å². The summed E-state index contributed by atoms with van der Waals surface area (Å²) in [5, 5.41) is 8.54. The van der Waals surface area contributed by atoms with Crippen molar-refractivity contribution in [2.45, 2.75) is 20.3 Å². The molecule has 100 valence electrons. The van der Waals surface area contributed by atoms with E-state index in [1.165, 1.54) is 7.05 Å². The van der Waals surface area contributed by atoms with E-state index in [-0.39, 0.29) is 0 Å². The van der Waals surface area contributed by atoms with Crippen LogP contribution in [0.1, 0.15) is 17.5 Å². The highest BCUT2D eigenvalue weighted by molar-refractivity contribution is 7.92. The largest absolute Gasteiger partial charge is 0.481 e. The number of anilines is 1. The van der Waals surface area contributed by atoms with Gasteiger partial charge in [-0.1, -0.05) is 12.1 Å². The van der Waals surface area contributed by atoms with Crippen LogP contribution in [0.15, 0.2) is 18.2 Å². The fourth-order valence-corrected chi connectivity index (χ4v) is 2.78. The molecule has 0 fully saturated rings. The van der Waals surface area contributed by atoms with Crippen LogP contribution in [-0.4, -0.2) is 32.3 Å². The minimum Gasteiger partial charge on any atom is -0.481 e. The molecule has 0 atom stereocenters. The third-order valence-electron chi connectivity index (χ3n) is 2.91. The highest BCUT2D eigenvalue weighted by Gasteiger charge is 2.21. The molecule has 0 heterocycles. The number of aliphatic carboxylic acids is 1. The van der Waals surface area contributed by atoms with E-state index in [0.29, 0.717) is 5.69 Å². The minimum absolute atomic E-state index is 0.391. The lowest BCUT2D eigenvalue weighted by Crippen LogP contribution is -2.30. The van der Waals surface area contributed by atoms with E-state index in [0.717, 1.165) is 15.4 Å². The van der Waals surface area contributed by atoms with Crippen LogP contribution in [0.3, 0.4) is 0 Å². The fraction of sp³-hybridized carbons (Fsp3) is 0.417. The maximum atomic E-state index is 12.0. The molecule has 0 spiro atoms. The van der Waals surface area contributed by atoms with Crippen molar-refractivity contribution in [1.82, 2.24) is 0 Å². The molecule has 1 aromatic carbocycles. The second-order valence-electron chi connectivity index (χ2n) is 4.15. The second-order valence-corrected chi connectivity index (χ2v) is 6.27. The Kier molecular flexibility index (Phi) is 4.34. The van der Waals surface area contributed by atoms with E-state index in [2.05, 4.69) is 0 Å². The molecule has 5 nitrogen and oxygen atoms in total. The van der Waals surface area contributed by atoms with Crippen LogP contribution in [0.25, 0.3) is 0 Å². The Morgan fingerprint density at radius 1 is 1.33 bits per heavy atom. The molecule has 0 bridgehead atoms. The topological polar surface area (TPSA) is 74.7 Å². The summed E-state index contributed by atoms with van der Waals surface area (Å²) in [5.41, 5.74) is 2.45. The molecule has 0 unspecified atom stereocenters. The number of carboxylic acid groups (broad SMARTS) is 1. The summed E-state index contributed by atoms with van der Waals surface area (Å²) in [4.78, 5) is 10.4. The van der Waals surface area contributed by atoms with Gasteiger partial charge in [-0.25, -0.2) is 8.42 Å². The molecular formula is C12H17NO4S. The molecule has 0 saturated carbocycles. The van der Waals surface area contributed by atoms with Crippen LogP contribution in [0, 0.1) is 13.8 Å². The molecule has 0 radical (unpaired) electrons. The van der Waals surface area contributed by atoms with Gasteiger partial charge in [0, 0.05) is 7.05 Å². The first-order chi connectivity index (χ1) is 8.25. The summed E-state index contributed by atoms with van der Waals surface area (Å²) in [6, 6.07) is 5.39. The van der Waals surface area contributed by atoms with Gasteiger partial charge in [-0.3, -0.25) is 9.10 Å². The molecule has 1 aromatic rings. The maximum Gasteiger partial charge on any atom is 0.304 e. The summed E-state index contributed by atoms with van der Waals surface area (Å²) in [5.74, 6) is -1.51. The van der Waals surface area contributed by atoms with Crippen LogP contribution < -0.4 is 4.31 Å². The monoisotopic (exact) mass is 271 g/mol. The third kappa shape index (κ3) is 3.22. The van der Waals surface area contributed by atoms with Crippen molar-refractivity contribution in [1.29, 1.82) is 0 Å². The van der Waals surface area contributed by atoms with Gasteiger partial charge in [0.2, 0.25) is 10.0 Å². The first-order valence-electron chi connectivity index (χ1n) is 5.50. The standard InChI is InChI=1S/C12H17NO4S/c1-9-5-4-6-11(10(9)2)13(3)18(16,17)8-7-12(14)15/h4-6H,7-8H2,1-3H3,(H,14,15). The number of aryl methyl sites for hydroxylation is 1. The van der Waals surface area contributed by atoms with Gasteiger partial charge in [0.05, 0.1) is 17.9 Å². The Bertz CT molecular complexity index is 551. The first-order valence-corrected chi connectivity index (χ1v) is 7.11. The lowest BCUT2D eigenvalue weighted by atomic mass is 10.1. The average molecular weight is 271 g/mol. The number of carbonyl (C=O) groups is 1. The number of rotatable bonds is 5. The SMILES string of the molecule is Cc1cccc(N(C)S(=O)(=O)CCC(=O)O)c1C. The molecule has 0 aromatic heterocycles. The molecular weight excluding hydrogens is 254 g/mol. The van der Waals surface area contributed by atoms with Gasteiger partial charge in [0.1, 0.15) is 0 Å². The third-order valence-corrected chi connectivity index (χ3v) is 4.66. The van der Waals surface area contributed by atoms with Crippen molar-refractivity contribution >= 4 is 21.7 Å². The highest BCUT2D eigenvalue weighted by Crippen LogP contribution is 2.24. The van der Waals surface area contributed by atoms with E-state index in [4.69, 9.17) is 5.11 Å². The van der Waals surface area contributed by atoms with Crippen LogP contribution >= 0.6 is 0 Å². The predicted molar refractivity (Wildman–Crippen MR) is 70.4 cm³/mol. The Balaban J connectivity index is 3.02. The molecule has 6 heteroatoms. The molecule has 0 aliphatic carbocycles. The average Bonchev–Trinajstić information content (AvgIpc) is 2.29. The van der Waals surface area contributed by atoms with Gasteiger partial charge in [-0.2, -0.15) is 0 Å². The van der Waals surface area contributed by atoms with E-state index >= 15 is 0 Å². The van der Waals surface area contributed by atoms with E-state index in [1.54, 1.807) is 12.1 Å². The zero-order valence-corrected chi connectivity index (χ0v) is 11.5. The van der Waals surface area contributed by atoms with Gasteiger partial charge in [-0.15, -0.1) is 0 Å². The normalized spacial score (nSPS) is 11.3. The molecule has 1 N–H and O–H groups in total. The van der Waals surface area contributed by atoms with Gasteiger partial charge in [0.15, 0.2) is 0 Å². The van der Waals surface area contributed by atoms with Crippen molar-refractivity contribution in [2.24, 2.45) is 0 Å². The van der Waals surface area contributed by atoms with Gasteiger partial charge >= 0.3 is 5.97 Å². The van der Waals surface area contributed by atoms with Crippen molar-refractivity contribution < 1.29 is 18.3 Å². The Morgan fingerprint density at radius 2 is 1.94 bits per heavy atom. The highest BCUT2D eigenvalue weighted by atomic mass is 32.2. The quantitative estimate of drug-likeness (QED) is 0.881. The Hall–Kier alpha value is -1.56. The number of hydrogen-bond acceptors (Lipinski definition) is 3. The molecule has 0 amide bonds. The van der Waals surface area contributed by atoms with Crippen molar-refractivity contribution in [3.8, 4) is 0 Å². The van der Waals surface area contributed by atoms with Gasteiger partial charge < -0.3 is 5.11 Å². The zero-order chi connectivity index (χ0) is 13.9. The van der Waals surface area contributed by atoms with E-state index < -0.39 is 28.2 Å². The minimum atomic E-state index is -3.60. The summed E-state index contributed by atoms with van der Waals surface area (Å²) in [6.45, 7) is 3.74. The molecule has 0 saturated heterocycles. The summed E-state index contributed by atoms with van der Waals surface area (Å²) >= 11 is 0. The summed E-state index contributed by atoms with van der Waals surface area (Å²) < 4.78 is 25.1. The number of sulfonamides is 1. The van der Waals surface area contributed by atoms with Gasteiger partial charge in [-0.05, 0) is 31.0 Å². The van der Waals surface area contributed by atoms with Crippen molar-refractivity contribution in [3.05, 3.63) is 29.3 Å². The molecule has 18 heavy (non-hydrogen) atoms. The van der Waals surface area contributed by atoms with Crippen LogP contribution in [0.2, 0.25) is 0 Å². The molecule has 0 aliphatic heterocycles. The van der Waals surface area contributed by atoms with Crippen molar-refractivity contribution in [3.63, 3.8) is 0 Å². The molecule has 1 rings (SSSR count). The Morgan fingerprint density at radius 3 is 2.50 bits per heavy atom.